The second kappa shape index (κ2) is 5.16. The molecule has 2 saturated carbocycles. The Hall–Kier alpha value is -1.02. The largest absolute Gasteiger partial charge is 0.387 e. The molecular formula is C17H25NO. The Morgan fingerprint density at radius 1 is 1.11 bits per heavy atom. The summed E-state index contributed by atoms with van der Waals surface area (Å²) >= 11 is 0. The predicted molar refractivity (Wildman–Crippen MR) is 79.3 cm³/mol. The van der Waals surface area contributed by atoms with Crippen molar-refractivity contribution in [1.82, 2.24) is 0 Å². The van der Waals surface area contributed by atoms with Crippen molar-refractivity contribution in [2.45, 2.75) is 63.5 Å². The highest BCUT2D eigenvalue weighted by Gasteiger charge is 2.47. The van der Waals surface area contributed by atoms with Gasteiger partial charge in [-0.25, -0.2) is 0 Å². The zero-order chi connectivity index (χ0) is 13.3. The van der Waals surface area contributed by atoms with E-state index in [1.165, 1.54) is 43.4 Å². The van der Waals surface area contributed by atoms with E-state index in [0.29, 0.717) is 5.92 Å². The van der Waals surface area contributed by atoms with Crippen LogP contribution in [0.5, 0.6) is 0 Å². The van der Waals surface area contributed by atoms with Crippen LogP contribution < -0.4 is 5.32 Å². The van der Waals surface area contributed by atoms with Crippen molar-refractivity contribution >= 4 is 5.69 Å². The molecule has 2 nitrogen and oxygen atoms in total. The van der Waals surface area contributed by atoms with Gasteiger partial charge in [0, 0.05) is 5.69 Å². The van der Waals surface area contributed by atoms with E-state index < -0.39 is 5.60 Å². The summed E-state index contributed by atoms with van der Waals surface area (Å²) in [6, 6.07) is 8.63. The summed E-state index contributed by atoms with van der Waals surface area (Å²) in [4.78, 5) is 0. The first-order valence-corrected chi connectivity index (χ1v) is 7.75. The van der Waals surface area contributed by atoms with Crippen LogP contribution in [0.25, 0.3) is 0 Å². The molecule has 2 fully saturated rings. The zero-order valence-corrected chi connectivity index (χ0v) is 11.9. The molecule has 2 aliphatic carbocycles. The highest BCUT2D eigenvalue weighted by atomic mass is 16.3. The van der Waals surface area contributed by atoms with Gasteiger partial charge >= 0.3 is 0 Å². The zero-order valence-electron chi connectivity index (χ0n) is 11.9. The Morgan fingerprint density at radius 2 is 1.89 bits per heavy atom. The van der Waals surface area contributed by atoms with Crippen molar-refractivity contribution in [3.8, 4) is 0 Å². The van der Waals surface area contributed by atoms with Gasteiger partial charge in [0.05, 0.1) is 11.6 Å². The van der Waals surface area contributed by atoms with Crippen LogP contribution in [-0.4, -0.2) is 16.7 Å². The molecule has 0 amide bonds. The number of para-hydroxylation sites is 1. The lowest BCUT2D eigenvalue weighted by Crippen LogP contribution is -2.56. The molecule has 0 aromatic heterocycles. The smallest absolute Gasteiger partial charge is 0.0875 e. The minimum Gasteiger partial charge on any atom is -0.387 e. The standard InChI is InChI=1S/C17H25NO/c1-13-7-2-3-10-15(13)18-16-11-6-9-14-8-4-5-12-17(14,16)19/h2-3,7,10,14,16,18-19H,4-6,8-9,11-12H2,1H3/t14-,16?,17-/m1/s1. The van der Waals surface area contributed by atoms with E-state index >= 15 is 0 Å². The van der Waals surface area contributed by atoms with Crippen molar-refractivity contribution in [1.29, 1.82) is 0 Å². The van der Waals surface area contributed by atoms with Crippen LogP contribution in [0, 0.1) is 12.8 Å². The molecule has 1 aromatic carbocycles. The summed E-state index contributed by atoms with van der Waals surface area (Å²) in [5.74, 6) is 0.511. The molecule has 0 spiro atoms. The molecule has 104 valence electrons. The van der Waals surface area contributed by atoms with Crippen LogP contribution in [0.1, 0.15) is 50.5 Å². The van der Waals surface area contributed by atoms with E-state index in [-0.39, 0.29) is 6.04 Å². The van der Waals surface area contributed by atoms with Crippen molar-refractivity contribution in [3.05, 3.63) is 29.8 Å². The summed E-state index contributed by atoms with van der Waals surface area (Å²) in [6.07, 6.45) is 8.22. The van der Waals surface area contributed by atoms with E-state index in [9.17, 15) is 5.11 Å². The molecule has 2 heteroatoms. The summed E-state index contributed by atoms with van der Waals surface area (Å²) in [6.45, 7) is 2.13. The lowest BCUT2D eigenvalue weighted by molar-refractivity contribution is -0.0835. The van der Waals surface area contributed by atoms with Gasteiger partial charge in [0.15, 0.2) is 0 Å². The topological polar surface area (TPSA) is 32.3 Å². The third-order valence-corrected chi connectivity index (χ3v) is 5.21. The first kappa shape index (κ1) is 13.0. The Bertz CT molecular complexity index is 443. The monoisotopic (exact) mass is 259 g/mol. The molecule has 0 radical (unpaired) electrons. The van der Waals surface area contributed by atoms with E-state index in [0.717, 1.165) is 12.8 Å². The molecule has 0 saturated heterocycles. The average Bonchev–Trinajstić information content (AvgIpc) is 2.42. The molecule has 0 aliphatic heterocycles. The average molecular weight is 259 g/mol. The number of hydrogen-bond donors (Lipinski definition) is 2. The van der Waals surface area contributed by atoms with Gasteiger partial charge in [-0.1, -0.05) is 37.5 Å². The fourth-order valence-corrected chi connectivity index (χ4v) is 4.04. The van der Waals surface area contributed by atoms with Crippen LogP contribution >= 0.6 is 0 Å². The Balaban J connectivity index is 1.81. The number of hydrogen-bond acceptors (Lipinski definition) is 2. The van der Waals surface area contributed by atoms with Crippen LogP contribution in [0.4, 0.5) is 5.69 Å². The SMILES string of the molecule is Cc1ccccc1NC1CCC[C@H]2CCCC[C@]12O. The van der Waals surface area contributed by atoms with Gasteiger partial charge in [-0.2, -0.15) is 0 Å². The van der Waals surface area contributed by atoms with Gasteiger partial charge in [0.1, 0.15) is 0 Å². The Kier molecular flexibility index (Phi) is 3.53. The fourth-order valence-electron chi connectivity index (χ4n) is 4.04. The third kappa shape index (κ3) is 2.38. The summed E-state index contributed by atoms with van der Waals surface area (Å²) in [7, 11) is 0. The van der Waals surface area contributed by atoms with E-state index in [1.54, 1.807) is 0 Å². The summed E-state index contributed by atoms with van der Waals surface area (Å²) in [5, 5.41) is 14.8. The number of nitrogens with one attached hydrogen (secondary N) is 1. The van der Waals surface area contributed by atoms with Gasteiger partial charge in [-0.15, -0.1) is 0 Å². The highest BCUT2D eigenvalue weighted by molar-refractivity contribution is 5.51. The van der Waals surface area contributed by atoms with Gasteiger partial charge < -0.3 is 10.4 Å². The number of fused-ring (bicyclic) bond motifs is 1. The molecule has 0 heterocycles. The van der Waals surface area contributed by atoms with Crippen LogP contribution in [0.15, 0.2) is 24.3 Å². The van der Waals surface area contributed by atoms with Gasteiger partial charge in [-0.3, -0.25) is 0 Å². The second-order valence-electron chi connectivity index (χ2n) is 6.38. The Morgan fingerprint density at radius 3 is 2.74 bits per heavy atom. The quantitative estimate of drug-likeness (QED) is 0.844. The molecule has 1 aromatic rings. The molecule has 3 rings (SSSR count). The molecule has 19 heavy (non-hydrogen) atoms. The number of benzene rings is 1. The van der Waals surface area contributed by atoms with Gasteiger partial charge in [0.25, 0.3) is 0 Å². The Labute approximate surface area is 116 Å². The number of anilines is 1. The molecular weight excluding hydrogens is 234 g/mol. The molecule has 2 aliphatic rings. The first-order valence-electron chi connectivity index (χ1n) is 7.75. The van der Waals surface area contributed by atoms with Gasteiger partial charge in [0.2, 0.25) is 0 Å². The lowest BCUT2D eigenvalue weighted by atomic mass is 9.65. The third-order valence-electron chi connectivity index (χ3n) is 5.21. The number of aliphatic hydroxyl groups is 1. The minimum atomic E-state index is -0.473. The lowest BCUT2D eigenvalue weighted by Gasteiger charge is -2.49. The fraction of sp³-hybridized carbons (Fsp3) is 0.647. The van der Waals surface area contributed by atoms with Gasteiger partial charge in [-0.05, 0) is 50.2 Å². The maximum atomic E-state index is 11.1. The van der Waals surface area contributed by atoms with Crippen molar-refractivity contribution in [3.63, 3.8) is 0 Å². The van der Waals surface area contributed by atoms with Crippen molar-refractivity contribution in [2.75, 3.05) is 5.32 Å². The molecule has 2 N–H and O–H groups in total. The molecule has 3 atom stereocenters. The highest BCUT2D eigenvalue weighted by Crippen LogP contribution is 2.44. The summed E-state index contributed by atoms with van der Waals surface area (Å²) in [5.41, 5.74) is 1.98. The van der Waals surface area contributed by atoms with Crippen molar-refractivity contribution in [2.24, 2.45) is 5.92 Å². The maximum absolute atomic E-state index is 11.1. The minimum absolute atomic E-state index is 0.229. The molecule has 0 bridgehead atoms. The van der Waals surface area contributed by atoms with E-state index in [2.05, 4.69) is 36.5 Å². The van der Waals surface area contributed by atoms with Crippen LogP contribution in [0.3, 0.4) is 0 Å². The first-order chi connectivity index (χ1) is 9.20. The van der Waals surface area contributed by atoms with E-state index in [4.69, 9.17) is 0 Å². The van der Waals surface area contributed by atoms with E-state index in [1.807, 2.05) is 0 Å². The van der Waals surface area contributed by atoms with Crippen molar-refractivity contribution < 1.29 is 5.11 Å². The number of aryl methyl sites for hydroxylation is 1. The molecule has 1 unspecified atom stereocenters. The number of rotatable bonds is 2. The second-order valence-corrected chi connectivity index (χ2v) is 6.38. The van der Waals surface area contributed by atoms with Crippen LogP contribution in [-0.2, 0) is 0 Å². The van der Waals surface area contributed by atoms with Crippen LogP contribution in [0.2, 0.25) is 0 Å². The summed E-state index contributed by atoms with van der Waals surface area (Å²) < 4.78 is 0. The predicted octanol–water partition coefficient (Wildman–Crippen LogP) is 3.88. The maximum Gasteiger partial charge on any atom is 0.0875 e. The normalized spacial score (nSPS) is 34.6.